The number of anilines is 1. The van der Waals surface area contributed by atoms with Gasteiger partial charge in [0.05, 0.1) is 20.3 Å². The van der Waals surface area contributed by atoms with Gasteiger partial charge in [0.15, 0.2) is 0 Å². The molecule has 4 aromatic rings. The molecule has 0 saturated carbocycles. The highest BCUT2D eigenvalue weighted by molar-refractivity contribution is 7.09. The van der Waals surface area contributed by atoms with Crippen molar-refractivity contribution in [3.63, 3.8) is 0 Å². The van der Waals surface area contributed by atoms with E-state index in [2.05, 4.69) is 22.4 Å². The van der Waals surface area contributed by atoms with Gasteiger partial charge in [0, 0.05) is 37.8 Å². The lowest BCUT2D eigenvalue weighted by Gasteiger charge is -2.23. The number of ether oxygens (including phenoxy) is 2. The largest absolute Gasteiger partial charge is 0.497 e. The number of amides is 3. The van der Waals surface area contributed by atoms with E-state index >= 15 is 0 Å². The first-order valence-electron chi connectivity index (χ1n) is 13.1. The second-order valence-electron chi connectivity index (χ2n) is 9.15. The lowest BCUT2D eigenvalue weighted by atomic mass is 10.1. The Morgan fingerprint density at radius 3 is 2.15 bits per heavy atom. The van der Waals surface area contributed by atoms with Gasteiger partial charge in [0.1, 0.15) is 16.5 Å². The summed E-state index contributed by atoms with van der Waals surface area (Å²) in [6, 6.07) is 26.9. The molecular formula is C31H34N4O4S. The van der Waals surface area contributed by atoms with Crippen molar-refractivity contribution in [2.75, 3.05) is 39.2 Å². The van der Waals surface area contributed by atoms with Crippen LogP contribution in [0.25, 0.3) is 0 Å². The van der Waals surface area contributed by atoms with Crippen molar-refractivity contribution in [3.05, 3.63) is 112 Å². The minimum absolute atomic E-state index is 0.131. The predicted octanol–water partition coefficient (Wildman–Crippen LogP) is 5.72. The van der Waals surface area contributed by atoms with E-state index < -0.39 is 0 Å². The molecule has 4 rings (SSSR count). The van der Waals surface area contributed by atoms with Crippen LogP contribution >= 0.6 is 11.3 Å². The molecule has 3 amide bonds. The second-order valence-corrected chi connectivity index (χ2v) is 10.1. The standard InChI is InChI=1S/C31H34N4O4S/c1-38-20-19-35(31(37)32-26-13-15-27(39-2)16-14-26)22-29-33-28(23-40-29)30(36)34(21-25-11-7-4-8-12-25)18-17-24-9-5-3-6-10-24/h3-16,23H,17-22H2,1-2H3,(H,32,37). The van der Waals surface area contributed by atoms with Gasteiger partial charge in [-0.3, -0.25) is 4.79 Å². The molecule has 0 bridgehead atoms. The quantitative estimate of drug-likeness (QED) is 0.227. The number of carbonyl (C=O) groups is 2. The van der Waals surface area contributed by atoms with Gasteiger partial charge < -0.3 is 24.6 Å². The van der Waals surface area contributed by atoms with E-state index in [9.17, 15) is 9.59 Å². The third-order valence-electron chi connectivity index (χ3n) is 6.31. The van der Waals surface area contributed by atoms with Gasteiger partial charge >= 0.3 is 6.03 Å². The highest BCUT2D eigenvalue weighted by Gasteiger charge is 2.21. The first-order chi connectivity index (χ1) is 19.6. The fourth-order valence-corrected chi connectivity index (χ4v) is 4.89. The monoisotopic (exact) mass is 558 g/mol. The molecule has 0 radical (unpaired) electrons. The van der Waals surface area contributed by atoms with Crippen molar-refractivity contribution in [1.29, 1.82) is 0 Å². The van der Waals surface area contributed by atoms with E-state index in [0.29, 0.717) is 48.4 Å². The maximum absolute atomic E-state index is 13.6. The van der Waals surface area contributed by atoms with Crippen LogP contribution in [0.4, 0.5) is 10.5 Å². The number of hydrogen-bond donors (Lipinski definition) is 1. The molecule has 208 valence electrons. The normalized spacial score (nSPS) is 10.7. The molecule has 40 heavy (non-hydrogen) atoms. The molecule has 1 N–H and O–H groups in total. The molecule has 0 aliphatic rings. The van der Waals surface area contributed by atoms with E-state index in [1.165, 1.54) is 16.9 Å². The van der Waals surface area contributed by atoms with Crippen LogP contribution in [0, 0.1) is 0 Å². The summed E-state index contributed by atoms with van der Waals surface area (Å²) >= 11 is 1.37. The summed E-state index contributed by atoms with van der Waals surface area (Å²) in [5, 5.41) is 5.35. The van der Waals surface area contributed by atoms with Gasteiger partial charge in [-0.25, -0.2) is 9.78 Å². The summed E-state index contributed by atoms with van der Waals surface area (Å²) in [5.74, 6) is 0.577. The molecular weight excluding hydrogens is 524 g/mol. The lowest BCUT2D eigenvalue weighted by molar-refractivity contribution is 0.0739. The number of nitrogens with zero attached hydrogens (tertiary/aromatic N) is 3. The van der Waals surface area contributed by atoms with Crippen molar-refractivity contribution in [2.45, 2.75) is 19.5 Å². The summed E-state index contributed by atoms with van der Waals surface area (Å²) in [5.41, 5.74) is 3.26. The van der Waals surface area contributed by atoms with E-state index in [1.807, 2.05) is 53.4 Å². The van der Waals surface area contributed by atoms with Crippen LogP contribution in [0.2, 0.25) is 0 Å². The van der Waals surface area contributed by atoms with Crippen LogP contribution in [0.1, 0.15) is 26.6 Å². The van der Waals surface area contributed by atoms with Crippen LogP contribution in [-0.2, 0) is 24.2 Å². The number of aromatic nitrogens is 1. The lowest BCUT2D eigenvalue weighted by Crippen LogP contribution is -2.37. The van der Waals surface area contributed by atoms with E-state index in [4.69, 9.17) is 9.47 Å². The Labute approximate surface area is 239 Å². The van der Waals surface area contributed by atoms with Gasteiger partial charge in [-0.05, 0) is 41.8 Å². The number of thiazole rings is 1. The SMILES string of the molecule is COCCN(Cc1nc(C(=O)N(CCc2ccccc2)Cc2ccccc2)cs1)C(=O)Nc1ccc(OC)cc1. The van der Waals surface area contributed by atoms with Gasteiger partial charge in [-0.2, -0.15) is 0 Å². The topological polar surface area (TPSA) is 84.0 Å². The Kier molecular flexibility index (Phi) is 10.7. The second kappa shape index (κ2) is 14.8. The van der Waals surface area contributed by atoms with Crippen LogP contribution in [0.5, 0.6) is 5.75 Å². The van der Waals surface area contributed by atoms with E-state index in [0.717, 1.165) is 12.0 Å². The molecule has 1 aromatic heterocycles. The summed E-state index contributed by atoms with van der Waals surface area (Å²) < 4.78 is 10.4. The van der Waals surface area contributed by atoms with Gasteiger partial charge in [0.25, 0.3) is 5.91 Å². The maximum atomic E-state index is 13.6. The van der Waals surface area contributed by atoms with Crippen molar-refractivity contribution < 1.29 is 19.1 Å². The minimum atomic E-state index is -0.279. The summed E-state index contributed by atoms with van der Waals surface area (Å²) in [6.07, 6.45) is 0.743. The van der Waals surface area contributed by atoms with Gasteiger partial charge in [-0.15, -0.1) is 11.3 Å². The number of nitrogens with one attached hydrogen (secondary N) is 1. The molecule has 0 spiro atoms. The highest BCUT2D eigenvalue weighted by Crippen LogP contribution is 2.19. The zero-order valence-electron chi connectivity index (χ0n) is 22.8. The average molecular weight is 559 g/mol. The Hall–Kier alpha value is -4.21. The summed E-state index contributed by atoms with van der Waals surface area (Å²) in [4.78, 5) is 34.8. The molecule has 9 heteroatoms. The van der Waals surface area contributed by atoms with Crippen LogP contribution in [-0.4, -0.2) is 60.6 Å². The molecule has 3 aromatic carbocycles. The first-order valence-corrected chi connectivity index (χ1v) is 13.9. The smallest absolute Gasteiger partial charge is 0.322 e. The number of rotatable bonds is 13. The third kappa shape index (κ3) is 8.39. The number of hydrogen-bond acceptors (Lipinski definition) is 6. The minimum Gasteiger partial charge on any atom is -0.497 e. The predicted molar refractivity (Wildman–Crippen MR) is 158 cm³/mol. The zero-order valence-corrected chi connectivity index (χ0v) is 23.6. The highest BCUT2D eigenvalue weighted by atomic mass is 32.1. The number of carbonyl (C=O) groups excluding carboxylic acids is 2. The van der Waals surface area contributed by atoms with E-state index in [1.54, 1.807) is 48.8 Å². The Morgan fingerprint density at radius 1 is 0.825 bits per heavy atom. The fourth-order valence-electron chi connectivity index (χ4n) is 4.10. The Bertz CT molecular complexity index is 1350. The molecule has 8 nitrogen and oxygen atoms in total. The Morgan fingerprint density at radius 2 is 1.50 bits per heavy atom. The molecule has 0 unspecified atom stereocenters. The molecule has 0 fully saturated rings. The first kappa shape index (κ1) is 28.8. The van der Waals surface area contributed by atoms with Crippen molar-refractivity contribution in [3.8, 4) is 5.75 Å². The third-order valence-corrected chi connectivity index (χ3v) is 7.14. The zero-order chi connectivity index (χ0) is 28.2. The van der Waals surface area contributed by atoms with Crippen molar-refractivity contribution in [2.24, 2.45) is 0 Å². The molecule has 0 aliphatic carbocycles. The van der Waals surface area contributed by atoms with Gasteiger partial charge in [-0.1, -0.05) is 60.7 Å². The van der Waals surface area contributed by atoms with Gasteiger partial charge in [0.2, 0.25) is 0 Å². The van der Waals surface area contributed by atoms with Crippen LogP contribution in [0.3, 0.4) is 0 Å². The van der Waals surface area contributed by atoms with Crippen LogP contribution < -0.4 is 10.1 Å². The van der Waals surface area contributed by atoms with Crippen molar-refractivity contribution in [1.82, 2.24) is 14.8 Å². The summed E-state index contributed by atoms with van der Waals surface area (Å²) in [6.45, 7) is 2.06. The van der Waals surface area contributed by atoms with Crippen LogP contribution in [0.15, 0.2) is 90.3 Å². The summed E-state index contributed by atoms with van der Waals surface area (Å²) in [7, 11) is 3.19. The molecule has 1 heterocycles. The Balaban J connectivity index is 1.45. The number of benzene rings is 3. The molecule has 0 aliphatic heterocycles. The van der Waals surface area contributed by atoms with Crippen molar-refractivity contribution >= 4 is 29.0 Å². The molecule has 0 atom stereocenters. The number of urea groups is 1. The van der Waals surface area contributed by atoms with E-state index in [-0.39, 0.29) is 18.5 Å². The number of methoxy groups -OCH3 is 2. The fraction of sp³-hybridized carbons (Fsp3) is 0.258. The maximum Gasteiger partial charge on any atom is 0.322 e. The molecule has 0 saturated heterocycles. The average Bonchev–Trinajstić information content (AvgIpc) is 3.47.